The van der Waals surface area contributed by atoms with E-state index in [1.165, 1.54) is 0 Å². The summed E-state index contributed by atoms with van der Waals surface area (Å²) in [5.74, 6) is 1.00. The van der Waals surface area contributed by atoms with E-state index in [4.69, 9.17) is 13.9 Å². The Balaban J connectivity index is 2.44. The molecule has 5 heteroatoms. The molecule has 1 aromatic rings. The molecule has 0 amide bonds. The largest absolute Gasteiger partial charge is 0.497 e. The highest BCUT2D eigenvalue weighted by molar-refractivity contribution is 6.74. The van der Waals surface area contributed by atoms with E-state index < -0.39 is 8.32 Å². The summed E-state index contributed by atoms with van der Waals surface area (Å²) >= 11 is 0. The van der Waals surface area contributed by atoms with Crippen LogP contribution in [0.3, 0.4) is 0 Å². The summed E-state index contributed by atoms with van der Waals surface area (Å²) in [6, 6.07) is 7.95. The number of ether oxygens (including phenoxy) is 2. The first-order valence-corrected chi connectivity index (χ1v) is 12.5. The number of rotatable bonds is 11. The van der Waals surface area contributed by atoms with E-state index in [0.717, 1.165) is 24.2 Å². The molecule has 2 atom stereocenters. The molecule has 0 aliphatic rings. The summed E-state index contributed by atoms with van der Waals surface area (Å²) in [6.07, 6.45) is 1.93. The Hall–Kier alpha value is -0.883. The molecule has 26 heavy (non-hydrogen) atoms. The van der Waals surface area contributed by atoms with Crippen molar-refractivity contribution in [2.24, 2.45) is 5.92 Å². The average molecular weight is 383 g/mol. The second-order valence-electron chi connectivity index (χ2n) is 8.62. The summed E-state index contributed by atoms with van der Waals surface area (Å²) in [7, 11) is -0.173. The molecule has 150 valence electrons. The number of benzene rings is 1. The Morgan fingerprint density at radius 2 is 1.73 bits per heavy atom. The van der Waals surface area contributed by atoms with Crippen molar-refractivity contribution in [2.45, 2.75) is 71.4 Å². The predicted octanol–water partition coefficient (Wildman–Crippen LogP) is 5.01. The monoisotopic (exact) mass is 382 g/mol. The van der Waals surface area contributed by atoms with E-state index in [2.05, 4.69) is 40.8 Å². The van der Waals surface area contributed by atoms with Gasteiger partial charge in [-0.15, -0.1) is 0 Å². The molecule has 0 saturated heterocycles. The predicted molar refractivity (Wildman–Crippen MR) is 110 cm³/mol. The molecular weight excluding hydrogens is 344 g/mol. The van der Waals surface area contributed by atoms with Crippen molar-refractivity contribution >= 4 is 8.32 Å². The molecule has 0 aliphatic carbocycles. The van der Waals surface area contributed by atoms with Crippen LogP contribution < -0.4 is 4.74 Å². The molecule has 4 nitrogen and oxygen atoms in total. The Kier molecular flexibility index (Phi) is 9.31. The summed E-state index contributed by atoms with van der Waals surface area (Å²) < 4.78 is 17.5. The van der Waals surface area contributed by atoms with Gasteiger partial charge in [-0.25, -0.2) is 0 Å². The molecule has 0 aromatic heterocycles. The van der Waals surface area contributed by atoms with Crippen molar-refractivity contribution < 1.29 is 19.0 Å². The van der Waals surface area contributed by atoms with Crippen LogP contribution in [0, 0.1) is 5.92 Å². The maximum Gasteiger partial charge on any atom is 0.192 e. The van der Waals surface area contributed by atoms with Crippen molar-refractivity contribution in [2.75, 3.05) is 20.3 Å². The van der Waals surface area contributed by atoms with E-state index in [1.54, 1.807) is 7.11 Å². The van der Waals surface area contributed by atoms with Gasteiger partial charge in [0.25, 0.3) is 0 Å². The van der Waals surface area contributed by atoms with Gasteiger partial charge in [0.2, 0.25) is 0 Å². The molecule has 0 fully saturated rings. The van der Waals surface area contributed by atoms with Crippen LogP contribution in [0.25, 0.3) is 0 Å². The van der Waals surface area contributed by atoms with Crippen molar-refractivity contribution in [3.8, 4) is 5.75 Å². The van der Waals surface area contributed by atoms with Gasteiger partial charge < -0.3 is 19.0 Å². The zero-order valence-electron chi connectivity index (χ0n) is 17.7. The molecule has 0 spiro atoms. The molecule has 0 heterocycles. The standard InChI is InChI=1S/C21H38O4Si/c1-17(15-22)20(25-26(6,7)21(2,3)4)9-8-14-24-16-18-10-12-19(23-5)13-11-18/h10-13,17,20,22H,8-9,14-16H2,1-7H3. The lowest BCUT2D eigenvalue weighted by atomic mass is 10.0. The van der Waals surface area contributed by atoms with Crippen LogP contribution in [0.15, 0.2) is 24.3 Å². The van der Waals surface area contributed by atoms with Crippen molar-refractivity contribution in [1.82, 2.24) is 0 Å². The number of aliphatic hydroxyl groups excluding tert-OH is 1. The molecule has 1 aromatic carbocycles. The number of hydrogen-bond donors (Lipinski definition) is 1. The third-order valence-corrected chi connectivity index (χ3v) is 9.88. The second-order valence-corrected chi connectivity index (χ2v) is 13.4. The smallest absolute Gasteiger partial charge is 0.192 e. The Labute approximate surface area is 161 Å². The summed E-state index contributed by atoms with van der Waals surface area (Å²) in [6.45, 7) is 14.8. The summed E-state index contributed by atoms with van der Waals surface area (Å²) in [4.78, 5) is 0. The molecule has 0 aliphatic heterocycles. The van der Waals surface area contributed by atoms with Gasteiger partial charge in [-0.2, -0.15) is 0 Å². The zero-order valence-corrected chi connectivity index (χ0v) is 18.7. The van der Waals surface area contributed by atoms with Gasteiger partial charge in [0.1, 0.15) is 5.75 Å². The molecule has 0 radical (unpaired) electrons. The van der Waals surface area contributed by atoms with Crippen LogP contribution in [0.5, 0.6) is 5.75 Å². The number of aliphatic hydroxyl groups is 1. The van der Waals surface area contributed by atoms with Crippen molar-refractivity contribution in [3.63, 3.8) is 0 Å². The minimum Gasteiger partial charge on any atom is -0.497 e. The minimum absolute atomic E-state index is 0.0884. The van der Waals surface area contributed by atoms with Gasteiger partial charge in [0.15, 0.2) is 8.32 Å². The SMILES string of the molecule is COc1ccc(COCCCC(O[Si](C)(C)C(C)(C)C)C(C)CO)cc1. The van der Waals surface area contributed by atoms with Gasteiger partial charge in [-0.3, -0.25) is 0 Å². The fourth-order valence-electron chi connectivity index (χ4n) is 2.43. The van der Waals surface area contributed by atoms with Gasteiger partial charge in [-0.1, -0.05) is 39.8 Å². The van der Waals surface area contributed by atoms with Crippen LogP contribution in [-0.4, -0.2) is 39.9 Å². The topological polar surface area (TPSA) is 47.9 Å². The Morgan fingerprint density at radius 1 is 1.12 bits per heavy atom. The van der Waals surface area contributed by atoms with Gasteiger partial charge in [0.05, 0.1) is 13.7 Å². The lowest BCUT2D eigenvalue weighted by molar-refractivity contribution is 0.0605. The van der Waals surface area contributed by atoms with Gasteiger partial charge in [0, 0.05) is 25.2 Å². The first-order valence-electron chi connectivity index (χ1n) is 9.60. The van der Waals surface area contributed by atoms with Crippen molar-refractivity contribution in [1.29, 1.82) is 0 Å². The fourth-order valence-corrected chi connectivity index (χ4v) is 3.89. The Morgan fingerprint density at radius 3 is 2.23 bits per heavy atom. The zero-order chi connectivity index (χ0) is 19.8. The highest BCUT2D eigenvalue weighted by Crippen LogP contribution is 2.38. The van der Waals surface area contributed by atoms with E-state index in [1.807, 2.05) is 24.3 Å². The average Bonchev–Trinajstić information content (AvgIpc) is 2.59. The molecule has 1 rings (SSSR count). The second kappa shape index (κ2) is 10.5. The lowest BCUT2D eigenvalue weighted by Crippen LogP contribution is -2.46. The molecule has 2 unspecified atom stereocenters. The van der Waals surface area contributed by atoms with Gasteiger partial charge in [-0.05, 0) is 48.7 Å². The molecule has 1 N–H and O–H groups in total. The highest BCUT2D eigenvalue weighted by atomic mass is 28.4. The fraction of sp³-hybridized carbons (Fsp3) is 0.714. The molecular formula is C21H38O4Si. The highest BCUT2D eigenvalue weighted by Gasteiger charge is 2.39. The maximum absolute atomic E-state index is 9.59. The first kappa shape index (κ1) is 23.2. The normalized spacial score (nSPS) is 14.9. The minimum atomic E-state index is -1.84. The van der Waals surface area contributed by atoms with Crippen molar-refractivity contribution in [3.05, 3.63) is 29.8 Å². The third kappa shape index (κ3) is 7.39. The van der Waals surface area contributed by atoms with E-state index >= 15 is 0 Å². The van der Waals surface area contributed by atoms with Crippen LogP contribution in [-0.2, 0) is 15.8 Å². The summed E-state index contributed by atoms with van der Waals surface area (Å²) in [5, 5.41) is 9.76. The molecule has 0 saturated carbocycles. The lowest BCUT2D eigenvalue weighted by Gasteiger charge is -2.40. The van der Waals surface area contributed by atoms with E-state index in [0.29, 0.717) is 13.2 Å². The van der Waals surface area contributed by atoms with Crippen LogP contribution in [0.2, 0.25) is 18.1 Å². The van der Waals surface area contributed by atoms with Crippen LogP contribution >= 0.6 is 0 Å². The maximum atomic E-state index is 9.59. The number of methoxy groups -OCH3 is 1. The van der Waals surface area contributed by atoms with Crippen LogP contribution in [0.1, 0.15) is 46.1 Å². The van der Waals surface area contributed by atoms with Crippen LogP contribution in [0.4, 0.5) is 0 Å². The third-order valence-electron chi connectivity index (χ3n) is 5.38. The summed E-state index contributed by atoms with van der Waals surface area (Å²) in [5.41, 5.74) is 1.14. The van der Waals surface area contributed by atoms with Gasteiger partial charge >= 0.3 is 0 Å². The molecule has 0 bridgehead atoms. The first-order chi connectivity index (χ1) is 12.1. The number of hydrogen-bond acceptors (Lipinski definition) is 4. The Bertz CT molecular complexity index is 508. The quantitative estimate of drug-likeness (QED) is 0.432. The van der Waals surface area contributed by atoms with E-state index in [9.17, 15) is 5.11 Å². The van der Waals surface area contributed by atoms with E-state index in [-0.39, 0.29) is 23.7 Å².